The van der Waals surface area contributed by atoms with Crippen LogP contribution in [0.15, 0.2) is 42.9 Å². The fraction of sp³-hybridized carbons (Fsp3) is 0.407. The highest BCUT2D eigenvalue weighted by molar-refractivity contribution is 5.65. The Kier molecular flexibility index (Phi) is 6.16. The molecule has 1 fully saturated rings. The average molecular weight is 462 g/mol. The number of rotatable bonds is 5. The second kappa shape index (κ2) is 9.88. The van der Waals surface area contributed by atoms with Gasteiger partial charge in [0.05, 0.1) is 15.0 Å². The van der Waals surface area contributed by atoms with E-state index in [2.05, 4.69) is 33.9 Å². The van der Waals surface area contributed by atoms with Gasteiger partial charge in [0.1, 0.15) is 12.2 Å². The maximum Gasteiger partial charge on any atom is 0.166 e. The van der Waals surface area contributed by atoms with Gasteiger partial charge >= 0.3 is 0 Å². The molecule has 7 heteroatoms. The maximum absolute atomic E-state index is 9.89. The van der Waals surface area contributed by atoms with E-state index in [0.29, 0.717) is 22.7 Å². The minimum atomic E-state index is -2.19. The summed E-state index contributed by atoms with van der Waals surface area (Å²) in [4.78, 5) is 6.57. The van der Waals surface area contributed by atoms with E-state index in [1.54, 1.807) is 57.4 Å². The highest BCUT2D eigenvalue weighted by Crippen LogP contribution is 2.29. The van der Waals surface area contributed by atoms with Crippen molar-refractivity contribution in [2.75, 3.05) is 25.9 Å². The van der Waals surface area contributed by atoms with Crippen molar-refractivity contribution < 1.29 is 12.6 Å². The summed E-state index contributed by atoms with van der Waals surface area (Å²) < 4.78 is 25.1. The maximum atomic E-state index is 9.89. The summed E-state index contributed by atoms with van der Waals surface area (Å²) in [6.45, 7) is 4.89. The standard InChI is InChI=1S/C27H33N5O2/c1-19-5-6-20(7-10-27(2,3)33)13-22(19)18-34-25-14-21(15-29-26(25)28)23-16-30-32(17-23)24-8-11-31(4)12-9-24/h5-6,13-17,24,33H,8-9,11-12,18H2,1-4H3,(H2,28,29)/i18D2. The van der Waals surface area contributed by atoms with Gasteiger partial charge < -0.3 is 20.5 Å². The number of nitrogens with two attached hydrogens (primary N) is 1. The van der Waals surface area contributed by atoms with Crippen LogP contribution in [0.4, 0.5) is 5.82 Å². The molecule has 0 saturated carbocycles. The number of likely N-dealkylation sites (tertiary alicyclic amines) is 1. The van der Waals surface area contributed by atoms with Gasteiger partial charge in [-0.05, 0) is 83.1 Å². The molecule has 0 unspecified atom stereocenters. The molecule has 178 valence electrons. The SMILES string of the molecule is [2H]C([2H])(Oc1cc(-c2cnn(C3CCN(C)CC3)c2)cnc1N)c1cc(C#CC(C)(C)O)ccc1C. The van der Waals surface area contributed by atoms with E-state index >= 15 is 0 Å². The molecule has 7 nitrogen and oxygen atoms in total. The molecule has 1 aliphatic heterocycles. The predicted molar refractivity (Wildman–Crippen MR) is 134 cm³/mol. The zero-order valence-electron chi connectivity index (χ0n) is 22.2. The van der Waals surface area contributed by atoms with Crippen LogP contribution >= 0.6 is 0 Å². The number of nitrogen functional groups attached to an aromatic ring is 1. The molecule has 3 N–H and O–H groups in total. The van der Waals surface area contributed by atoms with Gasteiger partial charge in [-0.3, -0.25) is 4.68 Å². The van der Waals surface area contributed by atoms with Gasteiger partial charge in [0.15, 0.2) is 11.6 Å². The molecule has 4 rings (SSSR count). The van der Waals surface area contributed by atoms with E-state index in [9.17, 15) is 5.11 Å². The summed E-state index contributed by atoms with van der Waals surface area (Å²) in [6.07, 6.45) is 7.52. The van der Waals surface area contributed by atoms with Crippen molar-refractivity contribution in [1.82, 2.24) is 19.7 Å². The van der Waals surface area contributed by atoms with Crippen LogP contribution in [0.3, 0.4) is 0 Å². The number of anilines is 1. The zero-order valence-corrected chi connectivity index (χ0v) is 20.2. The molecule has 0 atom stereocenters. The highest BCUT2D eigenvalue weighted by Gasteiger charge is 2.19. The third kappa shape index (κ3) is 5.96. The topological polar surface area (TPSA) is 89.4 Å². The first-order valence-electron chi connectivity index (χ1n) is 12.5. The van der Waals surface area contributed by atoms with Crippen molar-refractivity contribution in [3.05, 3.63) is 59.5 Å². The first-order valence-corrected chi connectivity index (χ1v) is 11.5. The normalized spacial score (nSPS) is 16.4. The lowest BCUT2D eigenvalue weighted by Gasteiger charge is -2.28. The molecule has 34 heavy (non-hydrogen) atoms. The van der Waals surface area contributed by atoms with Crippen molar-refractivity contribution >= 4 is 5.82 Å². The molecular formula is C27H33N5O2. The summed E-state index contributed by atoms with van der Waals surface area (Å²) in [6, 6.07) is 7.25. The minimum absolute atomic E-state index is 0.0981. The van der Waals surface area contributed by atoms with Gasteiger partial charge in [0.25, 0.3) is 0 Å². The largest absolute Gasteiger partial charge is 0.485 e. The molecule has 0 radical (unpaired) electrons. The van der Waals surface area contributed by atoms with Gasteiger partial charge in [-0.15, -0.1) is 0 Å². The van der Waals surface area contributed by atoms with Crippen molar-refractivity contribution in [3.63, 3.8) is 0 Å². The van der Waals surface area contributed by atoms with Crippen LogP contribution in [0.5, 0.6) is 5.75 Å². The molecular weight excluding hydrogens is 426 g/mol. The Balaban J connectivity index is 1.58. The number of pyridine rings is 1. The summed E-state index contributed by atoms with van der Waals surface area (Å²) in [5.74, 6) is 5.89. The lowest BCUT2D eigenvalue weighted by Crippen LogP contribution is -2.31. The second-order valence-corrected chi connectivity index (χ2v) is 9.39. The van der Waals surface area contributed by atoms with Gasteiger partial charge in [-0.25, -0.2) is 4.98 Å². The molecule has 1 aromatic carbocycles. The number of aromatic nitrogens is 3. The monoisotopic (exact) mass is 461 g/mol. The summed E-state index contributed by atoms with van der Waals surface area (Å²) in [5, 5.41) is 14.5. The van der Waals surface area contributed by atoms with E-state index in [-0.39, 0.29) is 11.6 Å². The smallest absolute Gasteiger partial charge is 0.166 e. The molecule has 2 aromatic heterocycles. The minimum Gasteiger partial charge on any atom is -0.485 e. The number of benzene rings is 1. The van der Waals surface area contributed by atoms with E-state index in [0.717, 1.165) is 37.1 Å². The van der Waals surface area contributed by atoms with Gasteiger partial charge in [0, 0.05) is 29.1 Å². The van der Waals surface area contributed by atoms with Crippen LogP contribution in [0.2, 0.25) is 0 Å². The molecule has 3 aromatic rings. The number of hydrogen-bond donors (Lipinski definition) is 2. The number of aliphatic hydroxyl groups is 1. The van der Waals surface area contributed by atoms with Crippen LogP contribution < -0.4 is 10.5 Å². The molecule has 0 bridgehead atoms. The van der Waals surface area contributed by atoms with E-state index in [1.807, 2.05) is 10.9 Å². The highest BCUT2D eigenvalue weighted by atomic mass is 16.5. The fourth-order valence-electron chi connectivity index (χ4n) is 3.79. The first kappa shape index (κ1) is 21.2. The van der Waals surface area contributed by atoms with Crippen LogP contribution in [0.1, 0.15) is 52.2 Å². The third-order valence-corrected chi connectivity index (χ3v) is 5.90. The molecule has 1 saturated heterocycles. The lowest BCUT2D eigenvalue weighted by atomic mass is 10.0. The Labute approximate surface area is 204 Å². The first-order chi connectivity index (χ1) is 16.9. The fourth-order valence-corrected chi connectivity index (χ4v) is 3.79. The number of ether oxygens (including phenoxy) is 1. The van der Waals surface area contributed by atoms with Crippen LogP contribution in [-0.4, -0.2) is 50.5 Å². The van der Waals surface area contributed by atoms with E-state index in [4.69, 9.17) is 13.2 Å². The van der Waals surface area contributed by atoms with Crippen LogP contribution in [-0.2, 0) is 6.56 Å². The zero-order chi connectivity index (χ0) is 26.1. The Morgan fingerprint density at radius 3 is 2.74 bits per heavy atom. The third-order valence-electron chi connectivity index (χ3n) is 5.90. The molecule has 0 aliphatic carbocycles. The lowest BCUT2D eigenvalue weighted by molar-refractivity contribution is 0.143. The van der Waals surface area contributed by atoms with E-state index < -0.39 is 12.2 Å². The number of aryl methyl sites for hydroxylation is 1. The summed E-state index contributed by atoms with van der Waals surface area (Å²) in [7, 11) is 2.13. The Morgan fingerprint density at radius 2 is 2.00 bits per heavy atom. The second-order valence-electron chi connectivity index (χ2n) is 9.39. The summed E-state index contributed by atoms with van der Waals surface area (Å²) >= 11 is 0. The number of nitrogens with zero attached hydrogens (tertiary/aromatic N) is 4. The average Bonchev–Trinajstić information content (AvgIpc) is 3.30. The quantitative estimate of drug-likeness (QED) is 0.562. The van der Waals surface area contributed by atoms with Gasteiger partial charge in [-0.2, -0.15) is 5.10 Å². The number of piperidine rings is 1. The van der Waals surface area contributed by atoms with Gasteiger partial charge in [0.2, 0.25) is 0 Å². The Hall–Kier alpha value is -3.34. The molecule has 3 heterocycles. The van der Waals surface area contributed by atoms with Gasteiger partial charge in [-0.1, -0.05) is 17.9 Å². The van der Waals surface area contributed by atoms with Crippen LogP contribution in [0, 0.1) is 18.8 Å². The molecule has 1 aliphatic rings. The predicted octanol–water partition coefficient (Wildman–Crippen LogP) is 3.80. The van der Waals surface area contributed by atoms with Crippen molar-refractivity contribution in [3.8, 4) is 28.7 Å². The van der Waals surface area contributed by atoms with Crippen molar-refractivity contribution in [2.24, 2.45) is 0 Å². The van der Waals surface area contributed by atoms with Crippen molar-refractivity contribution in [1.29, 1.82) is 0 Å². The van der Waals surface area contributed by atoms with E-state index in [1.165, 1.54) is 0 Å². The Morgan fingerprint density at radius 1 is 1.24 bits per heavy atom. The van der Waals surface area contributed by atoms with Crippen LogP contribution in [0.25, 0.3) is 11.1 Å². The Bertz CT molecular complexity index is 1300. The number of hydrogen-bond acceptors (Lipinski definition) is 6. The molecule has 0 spiro atoms. The molecule has 0 amide bonds. The summed E-state index contributed by atoms with van der Waals surface area (Å²) in [5.41, 5.74) is 8.14. The van der Waals surface area contributed by atoms with Crippen molar-refractivity contribution in [2.45, 2.75) is 51.8 Å².